The molecule has 0 aliphatic carbocycles. The second-order valence-corrected chi connectivity index (χ2v) is 8.72. The van der Waals surface area contributed by atoms with E-state index in [9.17, 15) is 13.2 Å². The summed E-state index contributed by atoms with van der Waals surface area (Å²) in [6.45, 7) is 2.77. The van der Waals surface area contributed by atoms with Gasteiger partial charge in [-0.3, -0.25) is 4.79 Å². The molecule has 1 amide bonds. The average Bonchev–Trinajstić information content (AvgIpc) is 3.08. The van der Waals surface area contributed by atoms with E-state index in [-0.39, 0.29) is 11.7 Å². The molecule has 0 fully saturated rings. The minimum absolute atomic E-state index is 0.150. The van der Waals surface area contributed by atoms with Crippen LogP contribution in [0.4, 0.5) is 5.69 Å². The van der Waals surface area contributed by atoms with Crippen LogP contribution in [0.5, 0.6) is 0 Å². The lowest BCUT2D eigenvalue weighted by Crippen LogP contribution is -2.37. The minimum atomic E-state index is -3.20. The van der Waals surface area contributed by atoms with Gasteiger partial charge in [-0.1, -0.05) is 13.0 Å². The molecule has 0 spiro atoms. The Balaban J connectivity index is 1.77. The third-order valence-electron chi connectivity index (χ3n) is 4.08. The summed E-state index contributed by atoms with van der Waals surface area (Å²) in [6, 6.07) is 7.51. The van der Waals surface area contributed by atoms with E-state index in [2.05, 4.69) is 5.32 Å². The molecule has 128 valence electrons. The molecule has 1 N–H and O–H groups in total. The molecule has 24 heavy (non-hydrogen) atoms. The first-order chi connectivity index (χ1) is 11.5. The SMILES string of the molecule is CCCS(=O)(=O)N1CCc2ccc(NC(=O)c3ccsc3)cc2C1. The maximum absolute atomic E-state index is 12.3. The molecule has 0 saturated carbocycles. The Hall–Kier alpha value is -1.70. The molecule has 1 aliphatic rings. The van der Waals surface area contributed by atoms with Crippen LogP contribution < -0.4 is 5.32 Å². The molecular formula is C17H20N2O3S2. The van der Waals surface area contributed by atoms with Crippen LogP contribution in [0, 0.1) is 0 Å². The van der Waals surface area contributed by atoms with E-state index in [1.165, 1.54) is 11.3 Å². The van der Waals surface area contributed by atoms with Gasteiger partial charge in [-0.15, -0.1) is 0 Å². The van der Waals surface area contributed by atoms with Gasteiger partial charge in [0.25, 0.3) is 5.91 Å². The number of fused-ring (bicyclic) bond motifs is 1. The van der Waals surface area contributed by atoms with Crippen molar-refractivity contribution in [1.82, 2.24) is 4.31 Å². The average molecular weight is 364 g/mol. The number of rotatable bonds is 5. The van der Waals surface area contributed by atoms with Crippen LogP contribution in [0.15, 0.2) is 35.0 Å². The molecule has 1 aromatic heterocycles. The van der Waals surface area contributed by atoms with Gasteiger partial charge in [0.1, 0.15) is 0 Å². The molecule has 0 atom stereocenters. The highest BCUT2D eigenvalue weighted by atomic mass is 32.2. The van der Waals surface area contributed by atoms with Gasteiger partial charge in [-0.25, -0.2) is 8.42 Å². The first-order valence-electron chi connectivity index (χ1n) is 7.93. The number of hydrogen-bond donors (Lipinski definition) is 1. The Morgan fingerprint density at radius 3 is 2.83 bits per heavy atom. The Morgan fingerprint density at radius 1 is 1.29 bits per heavy atom. The zero-order chi connectivity index (χ0) is 17.2. The zero-order valence-electron chi connectivity index (χ0n) is 13.5. The fourth-order valence-electron chi connectivity index (χ4n) is 2.83. The summed E-state index contributed by atoms with van der Waals surface area (Å²) in [7, 11) is -3.20. The summed E-state index contributed by atoms with van der Waals surface area (Å²) in [5.41, 5.74) is 3.43. The summed E-state index contributed by atoms with van der Waals surface area (Å²) >= 11 is 1.47. The van der Waals surface area contributed by atoms with E-state index in [1.54, 1.807) is 15.8 Å². The van der Waals surface area contributed by atoms with Crippen molar-refractivity contribution < 1.29 is 13.2 Å². The minimum Gasteiger partial charge on any atom is -0.322 e. The van der Waals surface area contributed by atoms with Crippen LogP contribution in [0.3, 0.4) is 0 Å². The molecule has 5 nitrogen and oxygen atoms in total. The lowest BCUT2D eigenvalue weighted by molar-refractivity contribution is 0.102. The van der Waals surface area contributed by atoms with Crippen LogP contribution in [0.25, 0.3) is 0 Å². The summed E-state index contributed by atoms with van der Waals surface area (Å²) in [6.07, 6.45) is 1.32. The van der Waals surface area contributed by atoms with Gasteiger partial charge in [0.2, 0.25) is 10.0 Å². The Morgan fingerprint density at radius 2 is 2.12 bits per heavy atom. The van der Waals surface area contributed by atoms with Gasteiger partial charge in [0, 0.05) is 24.2 Å². The molecular weight excluding hydrogens is 344 g/mol. The monoisotopic (exact) mass is 364 g/mol. The lowest BCUT2D eigenvalue weighted by Gasteiger charge is -2.28. The molecule has 1 aliphatic heterocycles. The predicted molar refractivity (Wildman–Crippen MR) is 96.9 cm³/mol. The standard InChI is InChI=1S/C17H20N2O3S2/c1-2-9-24(21,22)19-7-5-13-3-4-16(10-15(13)11-19)18-17(20)14-6-8-23-12-14/h3-4,6,8,10,12H,2,5,7,9,11H2,1H3,(H,18,20). The number of amides is 1. The van der Waals surface area contributed by atoms with Gasteiger partial charge in [0.05, 0.1) is 11.3 Å². The summed E-state index contributed by atoms with van der Waals surface area (Å²) in [5, 5.41) is 6.53. The highest BCUT2D eigenvalue weighted by molar-refractivity contribution is 7.89. The topological polar surface area (TPSA) is 66.5 Å². The third kappa shape index (κ3) is 3.68. The van der Waals surface area contributed by atoms with Crippen molar-refractivity contribution in [3.63, 3.8) is 0 Å². The maximum Gasteiger partial charge on any atom is 0.256 e. The quantitative estimate of drug-likeness (QED) is 0.886. The van der Waals surface area contributed by atoms with Gasteiger partial charge >= 0.3 is 0 Å². The van der Waals surface area contributed by atoms with Crippen molar-refractivity contribution in [3.8, 4) is 0 Å². The van der Waals surface area contributed by atoms with Crippen LogP contribution in [-0.2, 0) is 23.0 Å². The number of thiophene rings is 1. The highest BCUT2D eigenvalue weighted by Gasteiger charge is 2.26. The van der Waals surface area contributed by atoms with E-state index in [4.69, 9.17) is 0 Å². The van der Waals surface area contributed by atoms with Crippen molar-refractivity contribution in [1.29, 1.82) is 0 Å². The normalized spacial score (nSPS) is 15.0. The Bertz CT molecular complexity index is 830. The number of nitrogens with zero attached hydrogens (tertiary/aromatic N) is 1. The largest absolute Gasteiger partial charge is 0.322 e. The third-order valence-corrected chi connectivity index (χ3v) is 6.79. The number of sulfonamides is 1. The fraction of sp³-hybridized carbons (Fsp3) is 0.353. The summed E-state index contributed by atoms with van der Waals surface area (Å²) < 4.78 is 26.1. The molecule has 0 bridgehead atoms. The molecule has 2 aromatic rings. The van der Waals surface area contributed by atoms with Gasteiger partial charge in [-0.2, -0.15) is 15.6 Å². The number of benzene rings is 1. The number of nitrogens with one attached hydrogen (secondary N) is 1. The van der Waals surface area contributed by atoms with E-state index in [1.807, 2.05) is 30.5 Å². The molecule has 3 rings (SSSR count). The van der Waals surface area contributed by atoms with Crippen molar-refractivity contribution >= 4 is 33.0 Å². The Kier molecular flexibility index (Phi) is 5.03. The fourth-order valence-corrected chi connectivity index (χ4v) is 4.95. The van der Waals surface area contributed by atoms with E-state index < -0.39 is 10.0 Å². The van der Waals surface area contributed by atoms with Crippen LogP contribution in [0.2, 0.25) is 0 Å². The zero-order valence-corrected chi connectivity index (χ0v) is 15.1. The van der Waals surface area contributed by atoms with Crippen molar-refractivity contribution in [2.24, 2.45) is 0 Å². The second kappa shape index (κ2) is 7.04. The predicted octanol–water partition coefficient (Wildman–Crippen LogP) is 3.10. The lowest BCUT2D eigenvalue weighted by atomic mass is 10.0. The maximum atomic E-state index is 12.3. The van der Waals surface area contributed by atoms with Crippen LogP contribution in [0.1, 0.15) is 34.8 Å². The molecule has 0 unspecified atom stereocenters. The van der Waals surface area contributed by atoms with Crippen molar-refractivity contribution in [3.05, 3.63) is 51.7 Å². The second-order valence-electron chi connectivity index (χ2n) is 5.85. The van der Waals surface area contributed by atoms with E-state index >= 15 is 0 Å². The molecule has 2 heterocycles. The molecule has 0 radical (unpaired) electrons. The van der Waals surface area contributed by atoms with Gasteiger partial charge in [-0.05, 0) is 47.5 Å². The number of hydrogen-bond acceptors (Lipinski definition) is 4. The Labute approximate surface area is 146 Å². The van der Waals surface area contributed by atoms with Gasteiger partial charge in [0.15, 0.2) is 0 Å². The number of anilines is 1. The molecule has 7 heteroatoms. The van der Waals surface area contributed by atoms with Crippen molar-refractivity contribution in [2.45, 2.75) is 26.3 Å². The van der Waals surface area contributed by atoms with Gasteiger partial charge < -0.3 is 5.32 Å². The smallest absolute Gasteiger partial charge is 0.256 e. The van der Waals surface area contributed by atoms with E-state index in [0.29, 0.717) is 37.2 Å². The highest BCUT2D eigenvalue weighted by Crippen LogP contribution is 2.25. The van der Waals surface area contributed by atoms with Crippen LogP contribution >= 0.6 is 11.3 Å². The summed E-state index contributed by atoms with van der Waals surface area (Å²) in [5.74, 6) is 0.0270. The number of carbonyl (C=O) groups excluding carboxylic acids is 1. The summed E-state index contributed by atoms with van der Waals surface area (Å²) in [4.78, 5) is 12.1. The molecule has 1 aromatic carbocycles. The number of carbonyl (C=O) groups is 1. The van der Waals surface area contributed by atoms with Crippen molar-refractivity contribution in [2.75, 3.05) is 17.6 Å². The van der Waals surface area contributed by atoms with Crippen LogP contribution in [-0.4, -0.2) is 30.9 Å². The first-order valence-corrected chi connectivity index (χ1v) is 10.5. The molecule has 0 saturated heterocycles. The van der Waals surface area contributed by atoms with E-state index in [0.717, 1.165) is 11.1 Å². The first kappa shape index (κ1) is 17.1.